The number of aliphatic carboxylic acids is 1. The molecule has 0 heterocycles. The topological polar surface area (TPSA) is 37.3 Å². The Balaban J connectivity index is 3.53. The van der Waals surface area contributed by atoms with Crippen molar-refractivity contribution in [3.05, 3.63) is 24.3 Å². The molecule has 0 aromatic heterocycles. The molecule has 2 heteroatoms. The molecule has 2 nitrogen and oxygen atoms in total. The first kappa shape index (κ1) is 15.3. The summed E-state index contributed by atoms with van der Waals surface area (Å²) < 4.78 is 16.0. The third kappa shape index (κ3) is 16.9. The van der Waals surface area contributed by atoms with Gasteiger partial charge in [0.15, 0.2) is 0 Å². The van der Waals surface area contributed by atoms with Gasteiger partial charge in [0.1, 0.15) is 0 Å². The molecule has 0 aliphatic carbocycles. The maximum atomic E-state index is 10.2. The first-order valence-electron chi connectivity index (χ1n) is 9.04. The Morgan fingerprint density at radius 3 is 2.20 bits per heavy atom. The van der Waals surface area contributed by atoms with Crippen LogP contribution in [0.2, 0.25) is 0 Å². The van der Waals surface area contributed by atoms with Gasteiger partial charge in [0, 0.05) is 8.82 Å². The van der Waals surface area contributed by atoms with Crippen LogP contribution in [0.3, 0.4) is 0 Å². The third-order valence-electron chi connectivity index (χ3n) is 3.17. The number of allylic oxidation sites excluding steroid dienone is 3. The lowest BCUT2D eigenvalue weighted by Gasteiger charge is -2.01. The summed E-state index contributed by atoms with van der Waals surface area (Å²) in [6.45, 7) is 2.19. The molecule has 0 saturated heterocycles. The lowest BCUT2D eigenvalue weighted by Crippen LogP contribution is -1.84. The van der Waals surface area contributed by atoms with Gasteiger partial charge >= 0.3 is 5.97 Å². The number of carboxylic acids is 1. The Kier molecular flexibility index (Phi) is 12.3. The molecule has 0 aliphatic heterocycles. The molecule has 0 unspecified atom stereocenters. The number of rotatable bonds is 14. The van der Waals surface area contributed by atoms with E-state index in [9.17, 15) is 4.79 Å². The normalized spacial score (nSPS) is 13.8. The van der Waals surface area contributed by atoms with Crippen molar-refractivity contribution >= 4 is 5.97 Å². The molecule has 20 heavy (non-hydrogen) atoms. The highest BCUT2D eigenvalue weighted by Crippen LogP contribution is 2.11. The van der Waals surface area contributed by atoms with E-state index < -0.39 is 12.3 Å². The van der Waals surface area contributed by atoms with Crippen LogP contribution in [-0.4, -0.2) is 11.1 Å². The lowest BCUT2D eigenvalue weighted by molar-refractivity contribution is -0.131. The van der Waals surface area contributed by atoms with Gasteiger partial charge in [-0.05, 0) is 12.8 Å². The predicted octanol–water partition coefficient (Wildman–Crippen LogP) is 5.88. The fourth-order valence-electron chi connectivity index (χ4n) is 1.98. The summed E-state index contributed by atoms with van der Waals surface area (Å²) in [6.07, 6.45) is 16.5. The Bertz CT molecular complexity index is 336. The molecular weight excluding hydrogens is 248 g/mol. The van der Waals surface area contributed by atoms with Crippen LogP contribution in [0, 0.1) is 0 Å². The van der Waals surface area contributed by atoms with E-state index in [-0.39, 0.29) is 0 Å². The average molecular weight is 282 g/mol. The molecule has 0 saturated carbocycles. The quantitative estimate of drug-likeness (QED) is 0.245. The van der Waals surface area contributed by atoms with Gasteiger partial charge in [-0.2, -0.15) is 0 Å². The Labute approximate surface area is 127 Å². The van der Waals surface area contributed by atoms with Crippen LogP contribution < -0.4 is 0 Å². The van der Waals surface area contributed by atoms with Crippen molar-refractivity contribution in [2.75, 3.05) is 0 Å². The summed E-state index contributed by atoms with van der Waals surface area (Å²) in [5.41, 5.74) is 0. The summed E-state index contributed by atoms with van der Waals surface area (Å²) in [7, 11) is 0. The smallest absolute Gasteiger partial charge is 0.328 e. The van der Waals surface area contributed by atoms with Crippen molar-refractivity contribution < 1.29 is 12.6 Å². The van der Waals surface area contributed by atoms with E-state index >= 15 is 0 Å². The van der Waals surface area contributed by atoms with E-state index in [0.29, 0.717) is 12.8 Å². The zero-order chi connectivity index (χ0) is 16.7. The van der Waals surface area contributed by atoms with Crippen molar-refractivity contribution in [3.63, 3.8) is 0 Å². The maximum Gasteiger partial charge on any atom is 0.328 e. The van der Waals surface area contributed by atoms with Crippen LogP contribution in [0.5, 0.6) is 0 Å². The molecule has 0 spiro atoms. The van der Waals surface area contributed by atoms with Crippen molar-refractivity contribution in [2.24, 2.45) is 0 Å². The monoisotopic (exact) mass is 282 g/mol. The van der Waals surface area contributed by atoms with Crippen LogP contribution in [0.4, 0.5) is 0 Å². The minimum atomic E-state index is -1.01. The molecule has 0 atom stereocenters. The molecule has 0 amide bonds. The molecule has 0 bridgehead atoms. The SMILES string of the molecule is [2H]C([2H])(CCCCC/C=C\C=C/C(=O)O)CCCCCCC. The van der Waals surface area contributed by atoms with Crippen molar-refractivity contribution in [1.29, 1.82) is 0 Å². The van der Waals surface area contributed by atoms with Gasteiger partial charge in [-0.1, -0.05) is 89.3 Å². The van der Waals surface area contributed by atoms with E-state index in [1.807, 2.05) is 6.08 Å². The van der Waals surface area contributed by atoms with Crippen LogP contribution in [0.25, 0.3) is 0 Å². The van der Waals surface area contributed by atoms with Gasteiger partial charge < -0.3 is 5.11 Å². The highest BCUT2D eigenvalue weighted by Gasteiger charge is 1.92. The highest BCUT2D eigenvalue weighted by molar-refractivity contribution is 5.80. The number of carboxylic acid groups (broad SMARTS) is 1. The molecule has 0 aromatic rings. The Morgan fingerprint density at radius 1 is 0.950 bits per heavy atom. The van der Waals surface area contributed by atoms with Crippen molar-refractivity contribution in [3.8, 4) is 0 Å². The Morgan fingerprint density at radius 2 is 1.55 bits per heavy atom. The van der Waals surface area contributed by atoms with E-state index in [2.05, 4.69) is 6.92 Å². The minimum Gasteiger partial charge on any atom is -0.478 e. The van der Waals surface area contributed by atoms with Crippen molar-refractivity contribution in [1.82, 2.24) is 0 Å². The molecule has 0 aromatic carbocycles. The second-order valence-electron chi connectivity index (χ2n) is 5.14. The highest BCUT2D eigenvalue weighted by atomic mass is 16.4. The summed E-state index contributed by atoms with van der Waals surface area (Å²) in [4.78, 5) is 10.2. The lowest BCUT2D eigenvalue weighted by atomic mass is 10.1. The Hall–Kier alpha value is -1.05. The summed E-state index contributed by atoms with van der Waals surface area (Å²) in [5, 5.41) is 8.41. The molecule has 0 fully saturated rings. The fourth-order valence-corrected chi connectivity index (χ4v) is 1.98. The van der Waals surface area contributed by atoms with Crippen LogP contribution >= 0.6 is 0 Å². The zero-order valence-electron chi connectivity index (χ0n) is 14.9. The van der Waals surface area contributed by atoms with Gasteiger partial charge in [-0.15, -0.1) is 0 Å². The third-order valence-corrected chi connectivity index (χ3v) is 3.17. The molecule has 0 aliphatic rings. The van der Waals surface area contributed by atoms with Gasteiger partial charge in [-0.3, -0.25) is 0 Å². The van der Waals surface area contributed by atoms with Gasteiger partial charge in [0.2, 0.25) is 0 Å². The maximum absolute atomic E-state index is 10.2. The average Bonchev–Trinajstić information content (AvgIpc) is 2.45. The largest absolute Gasteiger partial charge is 0.478 e. The van der Waals surface area contributed by atoms with Crippen LogP contribution in [0.1, 0.15) is 86.7 Å². The minimum absolute atomic E-state index is 0.656. The second-order valence-corrected chi connectivity index (χ2v) is 5.14. The molecular formula is C18H32O2. The van der Waals surface area contributed by atoms with Crippen LogP contribution in [0.15, 0.2) is 24.3 Å². The summed E-state index contributed by atoms with van der Waals surface area (Å²) in [5.74, 6) is -0.929. The number of unbranched alkanes of at least 4 members (excludes halogenated alkanes) is 7. The number of hydrogen-bond donors (Lipinski definition) is 1. The first-order chi connectivity index (χ1) is 10.5. The molecule has 0 rings (SSSR count). The fraction of sp³-hybridized carbons (Fsp3) is 0.722. The van der Waals surface area contributed by atoms with Gasteiger partial charge in [0.25, 0.3) is 0 Å². The van der Waals surface area contributed by atoms with E-state index in [0.717, 1.165) is 44.6 Å². The van der Waals surface area contributed by atoms with Gasteiger partial charge in [0.05, 0.1) is 0 Å². The number of carbonyl (C=O) groups is 1. The molecule has 1 N–H and O–H groups in total. The van der Waals surface area contributed by atoms with E-state index in [1.165, 1.54) is 25.3 Å². The van der Waals surface area contributed by atoms with E-state index in [4.69, 9.17) is 7.85 Å². The van der Waals surface area contributed by atoms with Crippen LogP contribution in [-0.2, 0) is 4.79 Å². The molecule has 116 valence electrons. The van der Waals surface area contributed by atoms with E-state index in [1.54, 1.807) is 6.08 Å². The summed E-state index contributed by atoms with van der Waals surface area (Å²) in [6, 6.07) is 0. The zero-order valence-corrected chi connectivity index (χ0v) is 12.9. The second kappa shape index (κ2) is 16.0. The summed E-state index contributed by atoms with van der Waals surface area (Å²) >= 11 is 0. The molecule has 0 radical (unpaired) electrons. The standard InChI is InChI=1S/C18H32O2/c1-2-3-4-5-6-7-8-9-10-11-12-13-14-15-16-17-18(19)20/h14-17H,2-13H2,1H3,(H,19,20)/b15-14-,17-16-/i8D2. The van der Waals surface area contributed by atoms with Crippen molar-refractivity contribution in [2.45, 2.75) is 83.9 Å². The predicted molar refractivity (Wildman–Crippen MR) is 87.0 cm³/mol. The number of hydrogen-bond acceptors (Lipinski definition) is 1. The first-order valence-corrected chi connectivity index (χ1v) is 8.04. The van der Waals surface area contributed by atoms with Gasteiger partial charge in [-0.25, -0.2) is 4.79 Å².